The third-order valence-electron chi connectivity index (χ3n) is 10.6. The standard InChI is InChI=1S/C39H54O2Si/c1-7-8-11-17-29(2)24-25-34-35-26-30-18-16-23-37(40-6)36(30)27-31(35)28-38(34)41-42(39(3,4)5,32-19-12-9-13-20-32)33-21-14-10-15-22-33/h9-10,12-16,18-23,29,31,34-35,38H,7-8,11,17,24-28H2,1-6H3/t29-,31-,34+,35-,38+/m0/s1. The smallest absolute Gasteiger partial charge is 0.261 e. The molecule has 3 aromatic carbocycles. The van der Waals surface area contributed by atoms with Crippen molar-refractivity contribution in [2.45, 2.75) is 104 Å². The first kappa shape index (κ1) is 31.1. The maximum absolute atomic E-state index is 7.93. The van der Waals surface area contributed by atoms with Crippen LogP contribution in [0.3, 0.4) is 0 Å². The van der Waals surface area contributed by atoms with Gasteiger partial charge in [0.25, 0.3) is 8.32 Å². The van der Waals surface area contributed by atoms with Crippen LogP contribution in [0.2, 0.25) is 5.04 Å². The number of benzene rings is 3. The molecule has 0 unspecified atom stereocenters. The van der Waals surface area contributed by atoms with Gasteiger partial charge in [0.2, 0.25) is 0 Å². The normalized spacial score (nSPS) is 22.8. The molecule has 1 saturated carbocycles. The fourth-order valence-electron chi connectivity index (χ4n) is 8.39. The molecule has 2 aliphatic carbocycles. The molecule has 0 N–H and O–H groups in total. The molecule has 1 fully saturated rings. The van der Waals surface area contributed by atoms with Crippen molar-refractivity contribution in [3.05, 3.63) is 90.0 Å². The number of fused-ring (bicyclic) bond motifs is 2. The lowest BCUT2D eigenvalue weighted by Gasteiger charge is -2.46. The van der Waals surface area contributed by atoms with Crippen LogP contribution >= 0.6 is 0 Å². The second kappa shape index (κ2) is 13.5. The van der Waals surface area contributed by atoms with Crippen LogP contribution in [0.25, 0.3) is 0 Å². The Hall–Kier alpha value is -2.36. The van der Waals surface area contributed by atoms with Crippen LogP contribution in [-0.2, 0) is 17.3 Å². The van der Waals surface area contributed by atoms with Crippen LogP contribution in [0, 0.1) is 23.7 Å². The predicted molar refractivity (Wildman–Crippen MR) is 181 cm³/mol. The van der Waals surface area contributed by atoms with E-state index in [1.54, 1.807) is 0 Å². The molecule has 0 aliphatic heterocycles. The topological polar surface area (TPSA) is 18.5 Å². The van der Waals surface area contributed by atoms with Crippen LogP contribution in [0.5, 0.6) is 5.75 Å². The molecule has 42 heavy (non-hydrogen) atoms. The van der Waals surface area contributed by atoms with E-state index < -0.39 is 8.32 Å². The van der Waals surface area contributed by atoms with Crippen molar-refractivity contribution < 1.29 is 9.16 Å². The number of methoxy groups -OCH3 is 1. The lowest BCUT2D eigenvalue weighted by molar-refractivity contribution is 0.119. The van der Waals surface area contributed by atoms with Crippen LogP contribution in [0.15, 0.2) is 78.9 Å². The van der Waals surface area contributed by atoms with E-state index in [1.165, 1.54) is 60.0 Å². The minimum Gasteiger partial charge on any atom is -0.496 e. The molecular weight excluding hydrogens is 529 g/mol. The first-order valence-electron chi connectivity index (χ1n) is 16.7. The Morgan fingerprint density at radius 1 is 0.833 bits per heavy atom. The minimum absolute atomic E-state index is 0.00630. The van der Waals surface area contributed by atoms with Crippen molar-refractivity contribution in [2.75, 3.05) is 7.11 Å². The highest BCUT2D eigenvalue weighted by Crippen LogP contribution is 2.51. The summed E-state index contributed by atoms with van der Waals surface area (Å²) in [7, 11) is -0.798. The van der Waals surface area contributed by atoms with E-state index in [9.17, 15) is 0 Å². The second-order valence-electron chi connectivity index (χ2n) is 14.3. The number of unbranched alkanes of at least 4 members (excludes halogenated alkanes) is 2. The van der Waals surface area contributed by atoms with Crippen molar-refractivity contribution in [3.63, 3.8) is 0 Å². The molecule has 2 nitrogen and oxygen atoms in total. The summed E-state index contributed by atoms with van der Waals surface area (Å²) in [6.07, 6.45) is 11.7. The molecule has 0 amide bonds. The summed E-state index contributed by atoms with van der Waals surface area (Å²) >= 11 is 0. The molecule has 226 valence electrons. The Bertz CT molecular complexity index is 1230. The third-order valence-corrected chi connectivity index (χ3v) is 15.6. The van der Waals surface area contributed by atoms with Gasteiger partial charge in [-0.05, 0) is 82.0 Å². The molecule has 3 aromatic rings. The molecule has 2 aliphatic rings. The van der Waals surface area contributed by atoms with Gasteiger partial charge in [-0.1, -0.05) is 140 Å². The van der Waals surface area contributed by atoms with Gasteiger partial charge in [0.05, 0.1) is 7.11 Å². The summed E-state index contributed by atoms with van der Waals surface area (Å²) in [6, 6.07) is 29.2. The summed E-state index contributed by atoms with van der Waals surface area (Å²) < 4.78 is 13.8. The van der Waals surface area contributed by atoms with E-state index in [4.69, 9.17) is 9.16 Å². The highest BCUT2D eigenvalue weighted by atomic mass is 28.4. The van der Waals surface area contributed by atoms with Gasteiger partial charge in [-0.3, -0.25) is 0 Å². The lowest BCUT2D eigenvalue weighted by Crippen LogP contribution is -2.68. The van der Waals surface area contributed by atoms with Crippen molar-refractivity contribution >= 4 is 18.7 Å². The van der Waals surface area contributed by atoms with E-state index in [-0.39, 0.29) is 11.1 Å². The number of hydrogen-bond acceptors (Lipinski definition) is 2. The van der Waals surface area contributed by atoms with E-state index in [0.29, 0.717) is 17.8 Å². The van der Waals surface area contributed by atoms with Crippen LogP contribution in [-0.4, -0.2) is 21.5 Å². The fraction of sp³-hybridized carbons (Fsp3) is 0.538. The van der Waals surface area contributed by atoms with Crippen LogP contribution in [0.4, 0.5) is 0 Å². The summed E-state index contributed by atoms with van der Waals surface area (Å²) in [4.78, 5) is 0. The summed E-state index contributed by atoms with van der Waals surface area (Å²) in [5.74, 6) is 3.76. The molecule has 3 heteroatoms. The van der Waals surface area contributed by atoms with Gasteiger partial charge in [-0.25, -0.2) is 0 Å². The van der Waals surface area contributed by atoms with Crippen LogP contribution < -0.4 is 15.1 Å². The maximum atomic E-state index is 7.93. The quantitative estimate of drug-likeness (QED) is 0.157. The first-order valence-corrected chi connectivity index (χ1v) is 18.6. The maximum Gasteiger partial charge on any atom is 0.261 e. The molecule has 0 saturated heterocycles. The van der Waals surface area contributed by atoms with E-state index in [0.717, 1.165) is 30.9 Å². The third kappa shape index (κ3) is 6.29. The Kier molecular flexibility index (Phi) is 10.00. The fourth-order valence-corrected chi connectivity index (χ4v) is 13.1. The number of hydrogen-bond donors (Lipinski definition) is 0. The van der Waals surface area contributed by atoms with E-state index >= 15 is 0 Å². The van der Waals surface area contributed by atoms with Gasteiger partial charge in [-0.2, -0.15) is 0 Å². The highest BCUT2D eigenvalue weighted by molar-refractivity contribution is 6.99. The van der Waals surface area contributed by atoms with Gasteiger partial charge >= 0.3 is 0 Å². The zero-order valence-electron chi connectivity index (χ0n) is 27.1. The van der Waals surface area contributed by atoms with Crippen molar-refractivity contribution in [1.29, 1.82) is 0 Å². The Balaban J connectivity index is 1.52. The van der Waals surface area contributed by atoms with E-state index in [2.05, 4.69) is 113 Å². The average molecular weight is 583 g/mol. The zero-order valence-corrected chi connectivity index (χ0v) is 28.1. The Morgan fingerprint density at radius 3 is 2.10 bits per heavy atom. The zero-order chi connectivity index (χ0) is 29.7. The molecule has 0 bridgehead atoms. The summed E-state index contributed by atoms with van der Waals surface area (Å²) in [5, 5.41) is 2.79. The van der Waals surface area contributed by atoms with Gasteiger partial charge in [0.15, 0.2) is 0 Å². The second-order valence-corrected chi connectivity index (χ2v) is 18.6. The van der Waals surface area contributed by atoms with Crippen LogP contribution in [0.1, 0.15) is 90.7 Å². The highest BCUT2D eigenvalue weighted by Gasteiger charge is 2.55. The lowest BCUT2D eigenvalue weighted by atomic mass is 9.73. The van der Waals surface area contributed by atoms with E-state index in [1.807, 2.05) is 7.11 Å². The monoisotopic (exact) mass is 582 g/mol. The van der Waals surface area contributed by atoms with Gasteiger partial charge in [0, 0.05) is 6.10 Å². The molecule has 5 rings (SSSR count). The Labute approximate surface area is 257 Å². The number of ether oxygens (including phenoxy) is 1. The molecule has 0 spiro atoms. The van der Waals surface area contributed by atoms with Crippen molar-refractivity contribution in [3.8, 4) is 5.75 Å². The average Bonchev–Trinajstić information content (AvgIpc) is 3.33. The first-order chi connectivity index (χ1) is 20.3. The largest absolute Gasteiger partial charge is 0.496 e. The van der Waals surface area contributed by atoms with Crippen molar-refractivity contribution in [1.82, 2.24) is 0 Å². The molecule has 0 heterocycles. The minimum atomic E-state index is -2.62. The Morgan fingerprint density at radius 2 is 1.50 bits per heavy atom. The molecule has 5 atom stereocenters. The summed E-state index contributed by atoms with van der Waals surface area (Å²) in [5.41, 5.74) is 2.95. The molecular formula is C39H54O2Si. The molecule has 0 aromatic heterocycles. The number of rotatable bonds is 12. The SMILES string of the molecule is CCCCC[C@H](C)CC[C@@H]1[C@H]2Cc3cccc(OC)c3C[C@H]2C[C@H]1O[Si](c1ccccc1)(c1ccccc1)C(C)(C)C. The van der Waals surface area contributed by atoms with Gasteiger partial charge < -0.3 is 9.16 Å². The molecule has 0 radical (unpaired) electrons. The van der Waals surface area contributed by atoms with Gasteiger partial charge in [0.1, 0.15) is 5.75 Å². The summed E-state index contributed by atoms with van der Waals surface area (Å²) in [6.45, 7) is 12.1. The van der Waals surface area contributed by atoms with Gasteiger partial charge in [-0.15, -0.1) is 0 Å². The predicted octanol–water partition coefficient (Wildman–Crippen LogP) is 8.99. The van der Waals surface area contributed by atoms with Crippen molar-refractivity contribution in [2.24, 2.45) is 23.7 Å².